The zero-order valence-electron chi connectivity index (χ0n) is 29.9. The molecule has 14 heteroatoms. The first kappa shape index (κ1) is 39.2. The van der Waals surface area contributed by atoms with E-state index in [4.69, 9.17) is 38.3 Å². The predicted octanol–water partition coefficient (Wildman–Crippen LogP) is 6.92. The van der Waals surface area contributed by atoms with Gasteiger partial charge < -0.3 is 28.4 Å². The molecule has 50 heavy (non-hydrogen) atoms. The Morgan fingerprint density at radius 1 is 0.980 bits per heavy atom. The molecule has 1 amide bonds. The van der Waals surface area contributed by atoms with Gasteiger partial charge in [0.2, 0.25) is 5.91 Å². The number of ether oxygens (including phenoxy) is 4. The molecule has 2 aromatic rings. The third-order valence-electron chi connectivity index (χ3n) is 8.30. The van der Waals surface area contributed by atoms with Crippen LogP contribution in [-0.2, 0) is 38.8 Å². The number of hydrogen-bond acceptors (Lipinski definition) is 12. The molecular weight excluding hydrogens is 665 g/mol. The summed E-state index contributed by atoms with van der Waals surface area (Å²) in [6.45, 7) is 14.3. The van der Waals surface area contributed by atoms with Gasteiger partial charge in [0, 0.05) is 75.3 Å². The minimum absolute atomic E-state index is 0.0287. The Balaban J connectivity index is 1.47. The molecular formula is C36H48N3O10P. The molecule has 0 saturated carbocycles. The topological polar surface area (TPSA) is 146 Å². The van der Waals surface area contributed by atoms with Crippen molar-refractivity contribution in [1.82, 2.24) is 9.57 Å². The molecule has 2 aliphatic heterocycles. The second-order valence-electron chi connectivity index (χ2n) is 12.7. The van der Waals surface area contributed by atoms with Gasteiger partial charge in [0.1, 0.15) is 28.6 Å². The molecule has 2 aliphatic rings. The number of esters is 2. The number of nitriles is 1. The molecule has 0 spiro atoms. The number of nitrogens with zero attached hydrogens (tertiary/aromatic N) is 3. The van der Waals surface area contributed by atoms with Gasteiger partial charge in [-0.1, -0.05) is 0 Å². The lowest BCUT2D eigenvalue weighted by atomic mass is 9.79. The number of likely N-dealkylation sites (tertiary alicyclic amines) is 1. The van der Waals surface area contributed by atoms with Gasteiger partial charge >= 0.3 is 11.9 Å². The number of carbonyl (C=O) groups excluding carboxylic acids is 3. The standard InChI is InChI=1S/C36H48N3O10P/c1-8-43-36(31-12-10-29(45-26(6)40)22-33(31)47-34-23-30(46-27(7)41)11-13-32(34)36)17-14-35(42)38-19-15-28(16-20-38)48-49-50(44-21-9-18-37)39(24(2)3)25(4)5/h10-13,22-25,28H,8-9,14-17,19-21H2,1-7H3. The molecule has 272 valence electrons. The van der Waals surface area contributed by atoms with Crippen molar-refractivity contribution in [2.45, 2.75) is 104 Å². The highest BCUT2D eigenvalue weighted by atomic mass is 31.2. The third kappa shape index (κ3) is 9.78. The first-order valence-electron chi connectivity index (χ1n) is 17.1. The van der Waals surface area contributed by atoms with Crippen molar-refractivity contribution in [1.29, 1.82) is 5.26 Å². The molecule has 0 aliphatic carbocycles. The highest BCUT2D eigenvalue weighted by molar-refractivity contribution is 7.44. The van der Waals surface area contributed by atoms with Gasteiger partial charge in [-0.05, 0) is 78.1 Å². The lowest BCUT2D eigenvalue weighted by molar-refractivity contribution is -0.258. The molecule has 2 heterocycles. The summed E-state index contributed by atoms with van der Waals surface area (Å²) in [5.41, 5.74) is 0.295. The van der Waals surface area contributed by atoms with Crippen LogP contribution in [0.1, 0.15) is 91.7 Å². The maximum Gasteiger partial charge on any atom is 0.308 e. The molecule has 1 unspecified atom stereocenters. The van der Waals surface area contributed by atoms with Gasteiger partial charge in [-0.2, -0.15) is 9.94 Å². The lowest BCUT2D eigenvalue weighted by Crippen LogP contribution is -2.42. The minimum atomic E-state index is -1.54. The number of amides is 1. The van der Waals surface area contributed by atoms with Crippen molar-refractivity contribution < 1.29 is 47.4 Å². The number of hydrogen-bond donors (Lipinski definition) is 0. The summed E-state index contributed by atoms with van der Waals surface area (Å²) in [6.07, 6.45) is 1.69. The zero-order valence-corrected chi connectivity index (χ0v) is 30.8. The molecule has 0 aromatic heterocycles. The van der Waals surface area contributed by atoms with Crippen LogP contribution in [0.25, 0.3) is 0 Å². The summed E-state index contributed by atoms with van der Waals surface area (Å²) in [7, 11) is -1.54. The molecule has 0 bridgehead atoms. The normalized spacial score (nSPS) is 16.0. The number of fused-ring (bicyclic) bond motifs is 2. The van der Waals surface area contributed by atoms with E-state index in [0.29, 0.717) is 73.1 Å². The Bertz CT molecular complexity index is 1460. The van der Waals surface area contributed by atoms with Gasteiger partial charge in [0.25, 0.3) is 8.53 Å². The Morgan fingerprint density at radius 3 is 2.02 bits per heavy atom. The van der Waals surface area contributed by atoms with Crippen LogP contribution in [0.5, 0.6) is 23.0 Å². The second kappa shape index (κ2) is 18.0. The number of carbonyl (C=O) groups is 3. The Kier molecular flexibility index (Phi) is 14.1. The third-order valence-corrected chi connectivity index (χ3v) is 10.2. The van der Waals surface area contributed by atoms with E-state index in [-0.39, 0.29) is 43.5 Å². The van der Waals surface area contributed by atoms with E-state index < -0.39 is 26.1 Å². The minimum Gasteiger partial charge on any atom is -0.456 e. The van der Waals surface area contributed by atoms with Gasteiger partial charge in [0.15, 0.2) is 0 Å². The summed E-state index contributed by atoms with van der Waals surface area (Å²) < 4.78 is 37.3. The van der Waals surface area contributed by atoms with E-state index >= 15 is 0 Å². The van der Waals surface area contributed by atoms with Crippen LogP contribution in [0.4, 0.5) is 0 Å². The molecule has 1 saturated heterocycles. The summed E-state index contributed by atoms with van der Waals surface area (Å²) in [4.78, 5) is 44.8. The molecule has 13 nitrogen and oxygen atoms in total. The fourth-order valence-corrected chi connectivity index (χ4v) is 7.77. The Hall–Kier alpha value is -3.63. The lowest BCUT2D eigenvalue weighted by Gasteiger charge is -2.40. The number of benzene rings is 2. The first-order chi connectivity index (χ1) is 23.9. The smallest absolute Gasteiger partial charge is 0.308 e. The molecule has 0 N–H and O–H groups in total. The molecule has 1 fully saturated rings. The van der Waals surface area contributed by atoms with E-state index in [1.165, 1.54) is 13.8 Å². The van der Waals surface area contributed by atoms with Gasteiger partial charge in [-0.3, -0.25) is 14.4 Å². The highest BCUT2D eigenvalue weighted by Gasteiger charge is 2.44. The second-order valence-corrected chi connectivity index (χ2v) is 14.0. The molecule has 1 atom stereocenters. The van der Waals surface area contributed by atoms with Crippen molar-refractivity contribution >= 4 is 26.4 Å². The molecule has 4 rings (SSSR count). The Morgan fingerprint density at radius 2 is 1.54 bits per heavy atom. The van der Waals surface area contributed by atoms with Crippen LogP contribution in [0.3, 0.4) is 0 Å². The van der Waals surface area contributed by atoms with E-state index in [1.807, 2.05) is 11.8 Å². The zero-order chi connectivity index (χ0) is 36.4. The molecule has 2 aromatic carbocycles. The van der Waals surface area contributed by atoms with Gasteiger partial charge in [-0.25, -0.2) is 9.56 Å². The SMILES string of the molecule is CCOC1(CCC(=O)N2CCC(OOP(OCCC#N)N(C(C)C)C(C)C)CC2)c2ccc(OC(C)=O)cc2Oc2cc(OC(C)=O)ccc21. The summed E-state index contributed by atoms with van der Waals surface area (Å²) >= 11 is 0. The van der Waals surface area contributed by atoms with Crippen molar-refractivity contribution in [3.8, 4) is 29.1 Å². The van der Waals surface area contributed by atoms with Crippen molar-refractivity contribution in [2.75, 3.05) is 26.3 Å². The first-order valence-corrected chi connectivity index (χ1v) is 18.2. The van der Waals surface area contributed by atoms with Crippen LogP contribution in [-0.4, -0.2) is 71.9 Å². The van der Waals surface area contributed by atoms with E-state index in [9.17, 15) is 14.4 Å². The van der Waals surface area contributed by atoms with Crippen LogP contribution >= 0.6 is 8.53 Å². The van der Waals surface area contributed by atoms with E-state index in [0.717, 1.165) is 0 Å². The van der Waals surface area contributed by atoms with Crippen LogP contribution in [0.2, 0.25) is 0 Å². The van der Waals surface area contributed by atoms with Crippen molar-refractivity contribution in [3.05, 3.63) is 47.5 Å². The number of rotatable bonds is 16. The summed E-state index contributed by atoms with van der Waals surface area (Å²) in [6, 6.07) is 12.5. The maximum absolute atomic E-state index is 13.7. The van der Waals surface area contributed by atoms with E-state index in [2.05, 4.69) is 38.4 Å². The van der Waals surface area contributed by atoms with Crippen LogP contribution < -0.4 is 14.2 Å². The average Bonchev–Trinajstić information content (AvgIpc) is 3.05. The quantitative estimate of drug-likeness (QED) is 0.0444. The fourth-order valence-electron chi connectivity index (χ4n) is 6.32. The maximum atomic E-state index is 13.7. The number of piperidine rings is 1. The largest absolute Gasteiger partial charge is 0.456 e. The van der Waals surface area contributed by atoms with Crippen molar-refractivity contribution in [3.63, 3.8) is 0 Å². The highest BCUT2D eigenvalue weighted by Crippen LogP contribution is 2.53. The average molecular weight is 714 g/mol. The van der Waals surface area contributed by atoms with Crippen LogP contribution in [0, 0.1) is 11.3 Å². The fraction of sp³-hybridized carbons (Fsp3) is 0.556. The van der Waals surface area contributed by atoms with E-state index in [1.54, 1.807) is 36.4 Å². The summed E-state index contributed by atoms with van der Waals surface area (Å²) in [5, 5.41) is 8.97. The monoisotopic (exact) mass is 713 g/mol. The van der Waals surface area contributed by atoms with Gasteiger partial charge in [0.05, 0.1) is 25.2 Å². The summed E-state index contributed by atoms with van der Waals surface area (Å²) in [5.74, 6) is 0.430. The van der Waals surface area contributed by atoms with Crippen LogP contribution in [0.15, 0.2) is 36.4 Å². The van der Waals surface area contributed by atoms with Crippen molar-refractivity contribution in [2.24, 2.45) is 0 Å². The predicted molar refractivity (Wildman–Crippen MR) is 184 cm³/mol. The molecule has 0 radical (unpaired) electrons. The Labute approximate surface area is 295 Å². The van der Waals surface area contributed by atoms with Gasteiger partial charge in [-0.15, -0.1) is 0 Å².